The van der Waals surface area contributed by atoms with Crippen molar-refractivity contribution in [3.63, 3.8) is 0 Å². The molecular formula is C18H24N2O3S. The number of ether oxygens (including phenoxy) is 2. The second-order valence-corrected chi connectivity index (χ2v) is 5.99. The third-order valence-corrected chi connectivity index (χ3v) is 4.36. The highest BCUT2D eigenvalue weighted by Gasteiger charge is 2.13. The summed E-state index contributed by atoms with van der Waals surface area (Å²) in [5, 5.41) is 2.96. The summed E-state index contributed by atoms with van der Waals surface area (Å²) >= 11 is 1.39. The molecule has 130 valence electrons. The number of carbonyl (C=O) groups excluding carboxylic acids is 1. The standard InChI is InChI=1S/C18H24N2O3S/c1-4-14-17(24-12-20-14)18(21)19-10-9-13-7-8-15(22-5-2)16(11-13)23-6-3/h7-8,11-12H,4-6,9-10H2,1-3H3,(H,19,21). The number of amides is 1. The quantitative estimate of drug-likeness (QED) is 0.754. The molecule has 0 fully saturated rings. The van der Waals surface area contributed by atoms with Crippen molar-refractivity contribution in [2.75, 3.05) is 19.8 Å². The zero-order valence-electron chi connectivity index (χ0n) is 14.4. The highest BCUT2D eigenvalue weighted by molar-refractivity contribution is 7.11. The van der Waals surface area contributed by atoms with Crippen LogP contribution in [0.25, 0.3) is 0 Å². The maximum atomic E-state index is 12.2. The summed E-state index contributed by atoms with van der Waals surface area (Å²) in [6.07, 6.45) is 1.50. The zero-order chi connectivity index (χ0) is 17.4. The lowest BCUT2D eigenvalue weighted by Gasteiger charge is -2.12. The molecule has 5 nitrogen and oxygen atoms in total. The van der Waals surface area contributed by atoms with Crippen molar-refractivity contribution in [1.82, 2.24) is 10.3 Å². The Kier molecular flexibility index (Phi) is 7.06. The van der Waals surface area contributed by atoms with Crippen molar-refractivity contribution in [2.45, 2.75) is 33.6 Å². The summed E-state index contributed by atoms with van der Waals surface area (Å²) in [4.78, 5) is 17.1. The molecule has 2 rings (SSSR count). The summed E-state index contributed by atoms with van der Waals surface area (Å²) in [6.45, 7) is 7.65. The summed E-state index contributed by atoms with van der Waals surface area (Å²) in [5.41, 5.74) is 3.67. The van der Waals surface area contributed by atoms with E-state index in [-0.39, 0.29) is 5.91 Å². The Bertz CT molecular complexity index is 670. The minimum Gasteiger partial charge on any atom is -0.490 e. The van der Waals surface area contributed by atoms with E-state index in [1.807, 2.05) is 39.0 Å². The van der Waals surface area contributed by atoms with Crippen LogP contribution in [0.1, 0.15) is 41.7 Å². The van der Waals surface area contributed by atoms with Crippen LogP contribution < -0.4 is 14.8 Å². The van der Waals surface area contributed by atoms with Crippen LogP contribution in [0.15, 0.2) is 23.7 Å². The van der Waals surface area contributed by atoms with Crippen LogP contribution in [-0.4, -0.2) is 30.6 Å². The minimum atomic E-state index is -0.0506. The highest BCUT2D eigenvalue weighted by atomic mass is 32.1. The molecule has 6 heteroatoms. The highest BCUT2D eigenvalue weighted by Crippen LogP contribution is 2.28. The number of thiazole rings is 1. The molecule has 0 unspecified atom stereocenters. The summed E-state index contributed by atoms with van der Waals surface area (Å²) in [5.74, 6) is 1.45. The SMILES string of the molecule is CCOc1ccc(CCNC(=O)c2scnc2CC)cc1OCC. The molecule has 0 atom stereocenters. The van der Waals surface area contributed by atoms with Gasteiger partial charge in [-0.15, -0.1) is 11.3 Å². The Morgan fingerprint density at radius 2 is 1.92 bits per heavy atom. The molecule has 0 saturated heterocycles. The third-order valence-electron chi connectivity index (χ3n) is 3.49. The van der Waals surface area contributed by atoms with Gasteiger partial charge in [0.25, 0.3) is 5.91 Å². The molecule has 0 radical (unpaired) electrons. The Labute approximate surface area is 147 Å². The predicted octanol–water partition coefficient (Wildman–Crippen LogP) is 3.48. The van der Waals surface area contributed by atoms with E-state index >= 15 is 0 Å². The normalized spacial score (nSPS) is 10.5. The van der Waals surface area contributed by atoms with E-state index in [0.29, 0.717) is 24.6 Å². The van der Waals surface area contributed by atoms with Crippen LogP contribution in [0, 0.1) is 0 Å². The predicted molar refractivity (Wildman–Crippen MR) is 96.3 cm³/mol. The number of aryl methyl sites for hydroxylation is 1. The summed E-state index contributed by atoms with van der Waals surface area (Å²) in [7, 11) is 0. The molecule has 0 aliphatic heterocycles. The number of hydrogen-bond acceptors (Lipinski definition) is 5. The van der Waals surface area contributed by atoms with E-state index in [4.69, 9.17) is 9.47 Å². The van der Waals surface area contributed by atoms with E-state index in [1.165, 1.54) is 11.3 Å². The molecule has 0 saturated carbocycles. The largest absolute Gasteiger partial charge is 0.490 e. The Balaban J connectivity index is 1.94. The first-order valence-electron chi connectivity index (χ1n) is 8.28. The van der Waals surface area contributed by atoms with Gasteiger partial charge in [0, 0.05) is 6.54 Å². The summed E-state index contributed by atoms with van der Waals surface area (Å²) < 4.78 is 11.2. The second kappa shape index (κ2) is 9.27. The molecule has 24 heavy (non-hydrogen) atoms. The number of hydrogen-bond donors (Lipinski definition) is 1. The lowest BCUT2D eigenvalue weighted by Crippen LogP contribution is -2.25. The Hall–Kier alpha value is -2.08. The van der Waals surface area contributed by atoms with Crippen molar-refractivity contribution in [1.29, 1.82) is 0 Å². The number of nitrogens with one attached hydrogen (secondary N) is 1. The third kappa shape index (κ3) is 4.71. The lowest BCUT2D eigenvalue weighted by molar-refractivity contribution is 0.0957. The van der Waals surface area contributed by atoms with Gasteiger partial charge in [0.15, 0.2) is 11.5 Å². The molecule has 1 aromatic heterocycles. The van der Waals surface area contributed by atoms with Crippen LogP contribution in [0.3, 0.4) is 0 Å². The fourth-order valence-electron chi connectivity index (χ4n) is 2.36. The topological polar surface area (TPSA) is 60.5 Å². The van der Waals surface area contributed by atoms with Gasteiger partial charge in [0.05, 0.1) is 24.4 Å². The summed E-state index contributed by atoms with van der Waals surface area (Å²) in [6, 6.07) is 5.90. The monoisotopic (exact) mass is 348 g/mol. The molecule has 0 bridgehead atoms. The Morgan fingerprint density at radius 1 is 1.17 bits per heavy atom. The van der Waals surface area contributed by atoms with Crippen molar-refractivity contribution in [2.24, 2.45) is 0 Å². The van der Waals surface area contributed by atoms with Crippen molar-refractivity contribution in [3.05, 3.63) is 39.8 Å². The first kappa shape index (κ1) is 18.3. The number of nitrogens with zero attached hydrogens (tertiary/aromatic N) is 1. The number of rotatable bonds is 9. The van der Waals surface area contributed by atoms with E-state index in [1.54, 1.807) is 5.51 Å². The molecule has 2 aromatic rings. The fraction of sp³-hybridized carbons (Fsp3) is 0.444. The maximum absolute atomic E-state index is 12.2. The van der Waals surface area contributed by atoms with Crippen LogP contribution in [0.5, 0.6) is 11.5 Å². The van der Waals surface area contributed by atoms with E-state index in [9.17, 15) is 4.79 Å². The Morgan fingerprint density at radius 3 is 2.62 bits per heavy atom. The fourth-order valence-corrected chi connectivity index (χ4v) is 3.16. The van der Waals surface area contributed by atoms with Gasteiger partial charge >= 0.3 is 0 Å². The molecular weight excluding hydrogens is 324 g/mol. The molecule has 1 amide bonds. The zero-order valence-corrected chi connectivity index (χ0v) is 15.2. The smallest absolute Gasteiger partial charge is 0.263 e. The average molecular weight is 348 g/mol. The number of benzene rings is 1. The van der Waals surface area contributed by atoms with Gasteiger partial charge in [-0.1, -0.05) is 13.0 Å². The minimum absolute atomic E-state index is 0.0506. The molecule has 1 N–H and O–H groups in total. The molecule has 1 aromatic carbocycles. The number of carbonyl (C=O) groups is 1. The molecule has 0 spiro atoms. The second-order valence-electron chi connectivity index (χ2n) is 5.13. The van der Waals surface area contributed by atoms with Gasteiger partial charge in [-0.25, -0.2) is 4.98 Å². The number of aromatic nitrogens is 1. The van der Waals surface area contributed by atoms with Gasteiger partial charge in [-0.2, -0.15) is 0 Å². The first-order valence-corrected chi connectivity index (χ1v) is 9.16. The average Bonchev–Trinajstić information content (AvgIpc) is 3.06. The van der Waals surface area contributed by atoms with E-state index in [2.05, 4.69) is 10.3 Å². The van der Waals surface area contributed by atoms with Crippen molar-refractivity contribution >= 4 is 17.2 Å². The van der Waals surface area contributed by atoms with Gasteiger partial charge in [0.1, 0.15) is 4.88 Å². The van der Waals surface area contributed by atoms with Crippen molar-refractivity contribution < 1.29 is 14.3 Å². The molecule has 0 aliphatic carbocycles. The van der Waals surface area contributed by atoms with E-state index in [0.717, 1.165) is 35.6 Å². The molecule has 1 heterocycles. The maximum Gasteiger partial charge on any atom is 0.263 e. The lowest BCUT2D eigenvalue weighted by atomic mass is 10.1. The van der Waals surface area contributed by atoms with Crippen LogP contribution in [-0.2, 0) is 12.8 Å². The van der Waals surface area contributed by atoms with Crippen molar-refractivity contribution in [3.8, 4) is 11.5 Å². The van der Waals surface area contributed by atoms with Crippen LogP contribution in [0.2, 0.25) is 0 Å². The van der Waals surface area contributed by atoms with Crippen LogP contribution >= 0.6 is 11.3 Å². The van der Waals surface area contributed by atoms with Crippen LogP contribution in [0.4, 0.5) is 0 Å². The van der Waals surface area contributed by atoms with Gasteiger partial charge < -0.3 is 14.8 Å². The molecule has 0 aliphatic rings. The van der Waals surface area contributed by atoms with E-state index < -0.39 is 0 Å². The first-order chi connectivity index (χ1) is 11.7. The van der Waals surface area contributed by atoms with Gasteiger partial charge in [-0.05, 0) is 44.4 Å². The van der Waals surface area contributed by atoms with Gasteiger partial charge in [0.2, 0.25) is 0 Å². The van der Waals surface area contributed by atoms with Gasteiger partial charge in [-0.3, -0.25) is 4.79 Å².